The van der Waals surface area contributed by atoms with Crippen LogP contribution in [0.25, 0.3) is 0 Å². The molecule has 0 aliphatic rings. The molecule has 0 bridgehead atoms. The van der Waals surface area contributed by atoms with Crippen molar-refractivity contribution < 1.29 is 9.72 Å². The van der Waals surface area contributed by atoms with Gasteiger partial charge in [-0.15, -0.1) is 0 Å². The Hall–Kier alpha value is -3.02. The first-order valence-electron chi connectivity index (χ1n) is 6.27. The average molecular weight is 283 g/mol. The van der Waals surface area contributed by atoms with Crippen LogP contribution in [0.1, 0.15) is 5.56 Å². The number of nitrogens with zero attached hydrogens (tertiary/aromatic N) is 2. The molecule has 106 valence electrons. The molecule has 6 heteroatoms. The topological polar surface area (TPSA) is 84.6 Å². The maximum atomic E-state index is 11.6. The molecule has 21 heavy (non-hydrogen) atoms. The number of carbonyl (C=O) groups excluding carboxylic acids is 1. The summed E-state index contributed by atoms with van der Waals surface area (Å²) < 4.78 is 0. The number of benzene rings is 2. The highest BCUT2D eigenvalue weighted by Gasteiger charge is 2.06. The van der Waals surface area contributed by atoms with E-state index in [1.165, 1.54) is 24.4 Å². The lowest BCUT2D eigenvalue weighted by atomic mass is 10.2. The number of amides is 2. The number of carbonyl (C=O) groups is 1. The Bertz CT molecular complexity index is 669. The molecule has 0 aromatic heterocycles. The molecule has 2 aromatic rings. The number of non-ortho nitro benzene ring substituents is 1. The summed E-state index contributed by atoms with van der Waals surface area (Å²) >= 11 is 0. The average Bonchev–Trinajstić information content (AvgIpc) is 2.48. The number of hydrogen-bond donors (Lipinski definition) is 1. The fraction of sp³-hybridized carbons (Fsp3) is 0.0667. The molecular weight excluding hydrogens is 270 g/mol. The summed E-state index contributed by atoms with van der Waals surface area (Å²) in [6.45, 7) is 0. The molecule has 0 atom stereocenters. The van der Waals surface area contributed by atoms with Crippen molar-refractivity contribution >= 4 is 23.6 Å². The van der Waals surface area contributed by atoms with Crippen LogP contribution in [0.4, 0.5) is 16.2 Å². The van der Waals surface area contributed by atoms with Crippen molar-refractivity contribution in [2.75, 3.05) is 5.32 Å². The SMILES string of the molecule is O=C(N=CCc1ccccc1)Nc1cccc([N+](=O)[O-])c1. The summed E-state index contributed by atoms with van der Waals surface area (Å²) in [5.74, 6) is 0. The van der Waals surface area contributed by atoms with Crippen molar-refractivity contribution in [2.24, 2.45) is 4.99 Å². The monoisotopic (exact) mass is 283 g/mol. The molecule has 2 aromatic carbocycles. The molecule has 0 spiro atoms. The van der Waals surface area contributed by atoms with Gasteiger partial charge in [-0.25, -0.2) is 9.79 Å². The van der Waals surface area contributed by atoms with Gasteiger partial charge in [-0.3, -0.25) is 10.1 Å². The highest BCUT2D eigenvalue weighted by atomic mass is 16.6. The van der Waals surface area contributed by atoms with Crippen LogP contribution in [0.2, 0.25) is 0 Å². The van der Waals surface area contributed by atoms with Gasteiger partial charge < -0.3 is 5.32 Å². The molecule has 1 N–H and O–H groups in total. The number of urea groups is 1. The zero-order valence-corrected chi connectivity index (χ0v) is 11.1. The fourth-order valence-corrected chi connectivity index (χ4v) is 1.70. The summed E-state index contributed by atoms with van der Waals surface area (Å²) in [5.41, 5.74) is 1.30. The fourth-order valence-electron chi connectivity index (χ4n) is 1.70. The maximum Gasteiger partial charge on any atom is 0.345 e. The molecule has 0 aliphatic heterocycles. The number of anilines is 1. The predicted octanol–water partition coefficient (Wildman–Crippen LogP) is 3.44. The quantitative estimate of drug-likeness (QED) is 0.530. The Kier molecular flexibility index (Phi) is 4.76. The Morgan fingerprint density at radius 3 is 2.67 bits per heavy atom. The van der Waals surface area contributed by atoms with Crippen molar-refractivity contribution in [3.8, 4) is 0 Å². The van der Waals surface area contributed by atoms with Crippen LogP contribution in [0, 0.1) is 10.1 Å². The summed E-state index contributed by atoms with van der Waals surface area (Å²) in [5, 5.41) is 13.1. The summed E-state index contributed by atoms with van der Waals surface area (Å²) in [6.07, 6.45) is 2.05. The van der Waals surface area contributed by atoms with Crippen LogP contribution in [0.15, 0.2) is 59.6 Å². The van der Waals surface area contributed by atoms with Crippen LogP contribution in [-0.4, -0.2) is 17.2 Å². The summed E-state index contributed by atoms with van der Waals surface area (Å²) in [7, 11) is 0. The number of rotatable bonds is 4. The lowest BCUT2D eigenvalue weighted by Crippen LogP contribution is -2.07. The molecule has 0 fully saturated rings. The van der Waals surface area contributed by atoms with Gasteiger partial charge in [0.05, 0.1) is 4.92 Å². The Morgan fingerprint density at radius 1 is 1.19 bits per heavy atom. The molecular formula is C15H13N3O3. The molecule has 0 saturated heterocycles. The van der Waals surface area contributed by atoms with E-state index in [9.17, 15) is 14.9 Å². The number of nitrogens with one attached hydrogen (secondary N) is 1. The van der Waals surface area contributed by atoms with Crippen LogP contribution in [0.3, 0.4) is 0 Å². The van der Waals surface area contributed by atoms with Crippen molar-refractivity contribution in [3.05, 3.63) is 70.3 Å². The third kappa shape index (κ3) is 4.54. The predicted molar refractivity (Wildman–Crippen MR) is 80.8 cm³/mol. The van der Waals surface area contributed by atoms with Crippen molar-refractivity contribution in [2.45, 2.75) is 6.42 Å². The van der Waals surface area contributed by atoms with Gasteiger partial charge in [-0.1, -0.05) is 36.4 Å². The summed E-state index contributed by atoms with van der Waals surface area (Å²) in [6, 6.07) is 14.7. The van der Waals surface area contributed by atoms with Gasteiger partial charge in [0.15, 0.2) is 0 Å². The molecule has 0 saturated carbocycles. The Balaban J connectivity index is 1.92. The van der Waals surface area contributed by atoms with Crippen LogP contribution in [-0.2, 0) is 6.42 Å². The minimum Gasteiger partial charge on any atom is -0.306 e. The second-order valence-corrected chi connectivity index (χ2v) is 4.24. The molecule has 2 amide bonds. The van der Waals surface area contributed by atoms with Crippen molar-refractivity contribution in [3.63, 3.8) is 0 Å². The van der Waals surface area contributed by atoms with E-state index in [-0.39, 0.29) is 5.69 Å². The normalized spacial score (nSPS) is 10.5. The highest BCUT2D eigenvalue weighted by molar-refractivity contribution is 5.94. The highest BCUT2D eigenvalue weighted by Crippen LogP contribution is 2.16. The first-order valence-corrected chi connectivity index (χ1v) is 6.27. The van der Waals surface area contributed by atoms with E-state index >= 15 is 0 Å². The Labute approximate surface area is 121 Å². The van der Waals surface area contributed by atoms with Crippen LogP contribution in [0.5, 0.6) is 0 Å². The lowest BCUT2D eigenvalue weighted by molar-refractivity contribution is -0.384. The zero-order chi connectivity index (χ0) is 15.1. The smallest absolute Gasteiger partial charge is 0.306 e. The van der Waals surface area contributed by atoms with E-state index in [0.717, 1.165) is 5.56 Å². The van der Waals surface area contributed by atoms with Crippen molar-refractivity contribution in [1.29, 1.82) is 0 Å². The van der Waals surface area contributed by atoms with Gasteiger partial charge in [0, 0.05) is 30.5 Å². The molecule has 2 rings (SSSR count). The van der Waals surface area contributed by atoms with E-state index in [4.69, 9.17) is 0 Å². The zero-order valence-electron chi connectivity index (χ0n) is 11.1. The molecule has 6 nitrogen and oxygen atoms in total. The lowest BCUT2D eigenvalue weighted by Gasteiger charge is -2.01. The number of aliphatic imine (C=N–C) groups is 1. The van der Waals surface area contributed by atoms with E-state index in [1.54, 1.807) is 6.07 Å². The largest absolute Gasteiger partial charge is 0.345 e. The minimum absolute atomic E-state index is 0.0823. The van der Waals surface area contributed by atoms with E-state index in [2.05, 4.69) is 10.3 Å². The Morgan fingerprint density at radius 2 is 1.95 bits per heavy atom. The molecule has 0 aliphatic carbocycles. The molecule has 0 heterocycles. The van der Waals surface area contributed by atoms with Crippen molar-refractivity contribution in [1.82, 2.24) is 0 Å². The number of hydrogen-bond acceptors (Lipinski definition) is 3. The first-order chi connectivity index (χ1) is 10.1. The third-order valence-corrected chi connectivity index (χ3v) is 2.69. The van der Waals surface area contributed by atoms with Gasteiger partial charge in [0.1, 0.15) is 0 Å². The third-order valence-electron chi connectivity index (χ3n) is 2.69. The second kappa shape index (κ2) is 6.95. The maximum absolute atomic E-state index is 11.6. The van der Waals surface area contributed by atoms with Gasteiger partial charge in [0.2, 0.25) is 0 Å². The van der Waals surface area contributed by atoms with Crippen LogP contribution >= 0.6 is 0 Å². The van der Waals surface area contributed by atoms with E-state index < -0.39 is 11.0 Å². The van der Waals surface area contributed by atoms with E-state index in [0.29, 0.717) is 12.1 Å². The summed E-state index contributed by atoms with van der Waals surface area (Å²) in [4.78, 5) is 25.5. The van der Waals surface area contributed by atoms with Gasteiger partial charge in [0.25, 0.3) is 5.69 Å². The van der Waals surface area contributed by atoms with Gasteiger partial charge in [-0.2, -0.15) is 0 Å². The number of nitro groups is 1. The van der Waals surface area contributed by atoms with Gasteiger partial charge >= 0.3 is 6.03 Å². The number of nitro benzene ring substituents is 1. The second-order valence-electron chi connectivity index (χ2n) is 4.24. The van der Waals surface area contributed by atoms with Gasteiger partial charge in [-0.05, 0) is 11.6 Å². The molecule has 0 radical (unpaired) electrons. The van der Waals surface area contributed by atoms with E-state index in [1.807, 2.05) is 30.3 Å². The minimum atomic E-state index is -0.563. The molecule has 0 unspecified atom stereocenters. The first kappa shape index (κ1) is 14.4. The standard InChI is InChI=1S/C15H13N3O3/c19-15(16-10-9-12-5-2-1-3-6-12)17-13-7-4-8-14(11-13)18(20)21/h1-8,10-11H,9H2,(H,17,19). The van der Waals surface area contributed by atoms with Crippen LogP contribution < -0.4 is 5.32 Å².